The van der Waals surface area contributed by atoms with Crippen LogP contribution in [0.5, 0.6) is 0 Å². The molecule has 0 bridgehead atoms. The molecule has 22 heavy (non-hydrogen) atoms. The summed E-state index contributed by atoms with van der Waals surface area (Å²) in [5, 5.41) is 1.44. The van der Waals surface area contributed by atoms with E-state index in [0.717, 1.165) is 0 Å². The second-order valence-electron chi connectivity index (χ2n) is 6.79. The van der Waals surface area contributed by atoms with Crippen molar-refractivity contribution in [3.05, 3.63) is 35.2 Å². The van der Waals surface area contributed by atoms with Crippen LogP contribution in [-0.4, -0.2) is 18.0 Å². The Kier molecular flexibility index (Phi) is 5.11. The third-order valence-corrected chi connectivity index (χ3v) is 6.84. The molecule has 0 atom stereocenters. The van der Waals surface area contributed by atoms with Gasteiger partial charge in [-0.2, -0.15) is 0 Å². The van der Waals surface area contributed by atoms with E-state index in [-0.39, 0.29) is 12.4 Å². The van der Waals surface area contributed by atoms with E-state index in [9.17, 15) is 0 Å². The third-order valence-electron chi connectivity index (χ3n) is 5.53. The molecule has 2 aromatic rings. The number of rotatable bonds is 2. The van der Waals surface area contributed by atoms with Gasteiger partial charge in [0.05, 0.1) is 5.54 Å². The van der Waals surface area contributed by atoms with Crippen LogP contribution in [-0.2, 0) is 5.54 Å². The number of thiophene rings is 1. The predicted octanol–water partition coefficient (Wildman–Crippen LogP) is 2.55. The molecule has 1 saturated carbocycles. The Morgan fingerprint density at radius 2 is 1.55 bits per heavy atom. The van der Waals surface area contributed by atoms with Crippen LogP contribution in [0.25, 0.3) is 10.1 Å². The largest absolute Gasteiger partial charge is 1.00 e. The monoisotopic (exact) mass is 334 g/mol. The fraction of sp³-hybridized carbons (Fsp3) is 0.579. The second kappa shape index (κ2) is 6.90. The molecular weight excluding hydrogens is 310 g/mol. The normalized spacial score (nSPS) is 22.4. The van der Waals surface area contributed by atoms with Crippen LogP contribution in [0.3, 0.4) is 0 Å². The van der Waals surface area contributed by atoms with E-state index in [4.69, 9.17) is 0 Å². The summed E-state index contributed by atoms with van der Waals surface area (Å²) in [5.41, 5.74) is 0.363. The summed E-state index contributed by atoms with van der Waals surface area (Å²) < 4.78 is 1.47. The average Bonchev–Trinajstić information content (AvgIpc) is 3.01. The smallest absolute Gasteiger partial charge is 0.0554 e. The molecule has 2 aliphatic rings. The van der Waals surface area contributed by atoms with Crippen molar-refractivity contribution < 1.29 is 12.4 Å². The minimum atomic E-state index is 0. The lowest BCUT2D eigenvalue weighted by Gasteiger charge is -2.48. The van der Waals surface area contributed by atoms with Gasteiger partial charge in [-0.15, -0.1) is 11.3 Å². The molecule has 1 nitrogen and oxygen atoms in total. The second-order valence-corrected chi connectivity index (χ2v) is 7.87. The van der Waals surface area contributed by atoms with Gasteiger partial charge < -0.3 is 12.4 Å². The van der Waals surface area contributed by atoms with Crippen molar-refractivity contribution in [2.75, 3.05) is 13.1 Å². The molecular formula is C19H25ClNS-. The van der Waals surface area contributed by atoms with Gasteiger partial charge in [0.1, 0.15) is 0 Å². The lowest BCUT2D eigenvalue weighted by Crippen LogP contribution is -3.00. The zero-order chi connectivity index (χ0) is 14.1. The first kappa shape index (κ1) is 16.3. The highest BCUT2D eigenvalue weighted by Gasteiger charge is 2.40. The van der Waals surface area contributed by atoms with Gasteiger partial charge in [0.25, 0.3) is 0 Å². The Morgan fingerprint density at radius 3 is 2.27 bits per heavy atom. The molecule has 2 fully saturated rings. The molecule has 0 radical (unpaired) electrons. The van der Waals surface area contributed by atoms with Gasteiger partial charge in [-0.1, -0.05) is 43.9 Å². The minimum absolute atomic E-state index is 0. The summed E-state index contributed by atoms with van der Waals surface area (Å²) in [6.07, 6.45) is 11.2. The first-order valence-electron chi connectivity index (χ1n) is 8.63. The van der Waals surface area contributed by atoms with Gasteiger partial charge in [0.2, 0.25) is 0 Å². The number of benzene rings is 1. The van der Waals surface area contributed by atoms with Crippen LogP contribution >= 0.6 is 11.3 Å². The number of nitrogens with zero attached hydrogens (tertiary/aromatic N) is 1. The molecule has 1 aliphatic carbocycles. The molecule has 1 aromatic heterocycles. The Labute approximate surface area is 144 Å². The fourth-order valence-electron chi connectivity index (χ4n) is 4.39. The number of fused-ring (bicyclic) bond motifs is 1. The number of piperidine rings is 1. The van der Waals surface area contributed by atoms with Gasteiger partial charge in [-0.3, -0.25) is 4.90 Å². The minimum Gasteiger partial charge on any atom is -1.00 e. The first-order chi connectivity index (χ1) is 10.4. The van der Waals surface area contributed by atoms with Crippen molar-refractivity contribution in [2.45, 2.75) is 56.9 Å². The Bertz CT molecular complexity index is 576. The van der Waals surface area contributed by atoms with E-state index in [1.54, 1.807) is 4.88 Å². The average molecular weight is 335 g/mol. The highest BCUT2D eigenvalue weighted by molar-refractivity contribution is 7.19. The molecule has 3 heteroatoms. The standard InChI is InChI=1S/C19H25NS.ClH/c1-5-11-19(12-6-1,20-13-7-2-8-14-20)18-15-16-9-3-4-10-17(16)21-18;/h3-4,9-10,15H,1-2,5-8,11-14H2;1H/p-1. The van der Waals surface area contributed by atoms with Crippen molar-refractivity contribution in [3.63, 3.8) is 0 Å². The van der Waals surface area contributed by atoms with Crippen LogP contribution in [0.15, 0.2) is 30.3 Å². The topological polar surface area (TPSA) is 3.24 Å². The zero-order valence-corrected chi connectivity index (χ0v) is 14.8. The van der Waals surface area contributed by atoms with Crippen molar-refractivity contribution in [1.29, 1.82) is 0 Å². The van der Waals surface area contributed by atoms with Gasteiger partial charge in [0.15, 0.2) is 0 Å². The fourth-order valence-corrected chi connectivity index (χ4v) is 5.73. The summed E-state index contributed by atoms with van der Waals surface area (Å²) in [5.74, 6) is 0. The Hall–Kier alpha value is -0.570. The van der Waals surface area contributed by atoms with E-state index in [2.05, 4.69) is 46.6 Å². The van der Waals surface area contributed by atoms with E-state index in [1.165, 1.54) is 74.5 Å². The molecule has 2 heterocycles. The molecule has 1 aliphatic heterocycles. The molecule has 0 amide bonds. The third kappa shape index (κ3) is 2.81. The summed E-state index contributed by atoms with van der Waals surface area (Å²) in [4.78, 5) is 4.49. The molecule has 0 unspecified atom stereocenters. The number of likely N-dealkylation sites (tertiary alicyclic amines) is 1. The molecule has 1 aromatic carbocycles. The van der Waals surface area contributed by atoms with Gasteiger partial charge in [-0.25, -0.2) is 0 Å². The molecule has 120 valence electrons. The quantitative estimate of drug-likeness (QED) is 0.816. The number of hydrogen-bond donors (Lipinski definition) is 0. The maximum absolute atomic E-state index is 2.85. The van der Waals surface area contributed by atoms with Gasteiger partial charge in [-0.05, 0) is 56.3 Å². The van der Waals surface area contributed by atoms with Crippen LogP contribution in [0.2, 0.25) is 0 Å². The lowest BCUT2D eigenvalue weighted by atomic mass is 9.78. The summed E-state index contributed by atoms with van der Waals surface area (Å²) in [7, 11) is 0. The lowest BCUT2D eigenvalue weighted by molar-refractivity contribution is -0.00000504. The molecule has 0 spiro atoms. The Morgan fingerprint density at radius 1 is 0.864 bits per heavy atom. The molecule has 1 saturated heterocycles. The molecule has 0 N–H and O–H groups in total. The maximum atomic E-state index is 2.85. The van der Waals surface area contributed by atoms with E-state index < -0.39 is 0 Å². The van der Waals surface area contributed by atoms with Gasteiger partial charge in [0, 0.05) is 9.58 Å². The highest BCUT2D eigenvalue weighted by Crippen LogP contribution is 2.47. The Balaban J connectivity index is 0.00000144. The van der Waals surface area contributed by atoms with E-state index >= 15 is 0 Å². The van der Waals surface area contributed by atoms with Gasteiger partial charge >= 0.3 is 0 Å². The van der Waals surface area contributed by atoms with Crippen LogP contribution in [0, 0.1) is 0 Å². The van der Waals surface area contributed by atoms with E-state index in [0.29, 0.717) is 5.54 Å². The maximum Gasteiger partial charge on any atom is 0.0554 e. The van der Waals surface area contributed by atoms with Crippen molar-refractivity contribution >= 4 is 21.4 Å². The van der Waals surface area contributed by atoms with Crippen molar-refractivity contribution in [2.24, 2.45) is 0 Å². The SMILES string of the molecule is [Cl-].c1ccc2sc(C3(N4CCCCC4)CCCCC3)cc2c1. The number of hydrogen-bond acceptors (Lipinski definition) is 2. The zero-order valence-electron chi connectivity index (χ0n) is 13.2. The summed E-state index contributed by atoms with van der Waals surface area (Å²) in [6, 6.07) is 11.4. The highest BCUT2D eigenvalue weighted by atomic mass is 35.5. The van der Waals surface area contributed by atoms with Crippen LogP contribution in [0.4, 0.5) is 0 Å². The van der Waals surface area contributed by atoms with Crippen LogP contribution < -0.4 is 12.4 Å². The van der Waals surface area contributed by atoms with Crippen molar-refractivity contribution in [3.8, 4) is 0 Å². The number of halogens is 1. The predicted molar refractivity (Wildman–Crippen MR) is 92.0 cm³/mol. The van der Waals surface area contributed by atoms with Crippen molar-refractivity contribution in [1.82, 2.24) is 4.90 Å². The molecule has 4 rings (SSSR count). The summed E-state index contributed by atoms with van der Waals surface area (Å²) >= 11 is 2.05. The van der Waals surface area contributed by atoms with Crippen LogP contribution in [0.1, 0.15) is 56.2 Å². The first-order valence-corrected chi connectivity index (χ1v) is 9.44. The summed E-state index contributed by atoms with van der Waals surface area (Å²) in [6.45, 7) is 2.63. The van der Waals surface area contributed by atoms with E-state index in [1.807, 2.05) is 0 Å².